The Bertz CT molecular complexity index is 505. The van der Waals surface area contributed by atoms with E-state index in [1.54, 1.807) is 0 Å². The molecule has 12 heteroatoms. The highest BCUT2D eigenvalue weighted by molar-refractivity contribution is 7.46. The van der Waals surface area contributed by atoms with Gasteiger partial charge in [0.25, 0.3) is 0 Å². The van der Waals surface area contributed by atoms with Crippen LogP contribution >= 0.6 is 7.82 Å². The molecule has 0 rings (SSSR count). The molecule has 0 aliphatic carbocycles. The van der Waals surface area contributed by atoms with Crippen LogP contribution in [0.1, 0.15) is 27.7 Å². The summed E-state index contributed by atoms with van der Waals surface area (Å²) >= 11 is 0. The normalized spacial score (nSPS) is 13.4. The minimum atomic E-state index is -5.74. The van der Waals surface area contributed by atoms with E-state index in [9.17, 15) is 27.3 Å². The molecule has 0 spiro atoms. The van der Waals surface area contributed by atoms with E-state index < -0.39 is 43.5 Å². The number of halogens is 3. The van der Waals surface area contributed by atoms with E-state index in [0.29, 0.717) is 14.1 Å². The smallest absolute Gasteiger partial charge is 0.303 e. The molecule has 0 aromatic rings. The van der Waals surface area contributed by atoms with Gasteiger partial charge in [0.2, 0.25) is 11.8 Å². The van der Waals surface area contributed by atoms with Crippen molar-refractivity contribution in [3.63, 3.8) is 0 Å². The van der Waals surface area contributed by atoms with E-state index >= 15 is 0 Å². The van der Waals surface area contributed by atoms with Crippen LogP contribution in [-0.4, -0.2) is 57.5 Å². The van der Waals surface area contributed by atoms with Crippen LogP contribution in [-0.2, 0) is 18.7 Å². The number of phosphoric ester groups is 1. The average Bonchev–Trinajstić information content (AvgIpc) is 2.38. The lowest BCUT2D eigenvalue weighted by Crippen LogP contribution is -2.71. The van der Waals surface area contributed by atoms with Gasteiger partial charge in [-0.1, -0.05) is 27.7 Å². The summed E-state index contributed by atoms with van der Waals surface area (Å²) in [6.45, 7) is 5.17. The van der Waals surface area contributed by atoms with Crippen molar-refractivity contribution in [3.05, 3.63) is 0 Å². The molecule has 0 saturated heterocycles. The van der Waals surface area contributed by atoms with Gasteiger partial charge in [-0.2, -0.15) is 13.2 Å². The van der Waals surface area contributed by atoms with Crippen LogP contribution in [0.4, 0.5) is 13.2 Å². The van der Waals surface area contributed by atoms with E-state index in [-0.39, 0.29) is 9.80 Å². The molecule has 142 valence electrons. The van der Waals surface area contributed by atoms with Crippen LogP contribution in [0.5, 0.6) is 0 Å². The highest BCUT2D eigenvalue weighted by Gasteiger charge is 2.68. The lowest BCUT2D eigenvalue weighted by molar-refractivity contribution is -0.344. The predicted molar refractivity (Wildman–Crippen MR) is 77.1 cm³/mol. The molecule has 0 unspecified atom stereocenters. The maximum atomic E-state index is 13.8. The third-order valence-electron chi connectivity index (χ3n) is 3.17. The van der Waals surface area contributed by atoms with E-state index in [4.69, 9.17) is 9.79 Å². The second kappa shape index (κ2) is 7.38. The van der Waals surface area contributed by atoms with Crippen LogP contribution in [0, 0.1) is 11.8 Å². The fraction of sp³-hybridized carbons (Fsp3) is 0.833. The summed E-state index contributed by atoms with van der Waals surface area (Å²) in [5.41, 5.74) is 0. The first-order chi connectivity index (χ1) is 10.5. The Labute approximate surface area is 137 Å². The van der Waals surface area contributed by atoms with Crippen molar-refractivity contribution in [1.82, 2.24) is 9.80 Å². The molecule has 0 atom stereocenters. The maximum Gasteiger partial charge on any atom is 0.473 e. The van der Waals surface area contributed by atoms with Crippen molar-refractivity contribution in [3.8, 4) is 0 Å². The Morgan fingerprint density at radius 1 is 0.958 bits per heavy atom. The number of hydrogen-bond donors (Lipinski definition) is 2. The molecule has 0 aliphatic rings. The molecule has 0 saturated carbocycles. The number of hydrogen-bond acceptors (Lipinski definition) is 4. The van der Waals surface area contributed by atoms with Crippen LogP contribution < -0.4 is 0 Å². The van der Waals surface area contributed by atoms with E-state index in [1.165, 1.54) is 27.7 Å². The molecule has 8 nitrogen and oxygen atoms in total. The second-order valence-corrected chi connectivity index (χ2v) is 6.96. The summed E-state index contributed by atoms with van der Waals surface area (Å²) in [6.07, 6.45) is -5.51. The van der Waals surface area contributed by atoms with E-state index in [0.717, 1.165) is 0 Å². The van der Waals surface area contributed by atoms with Crippen molar-refractivity contribution >= 4 is 19.6 Å². The molecule has 0 bridgehead atoms. The first-order valence-corrected chi connectivity index (χ1v) is 8.40. The number of alkyl halides is 3. The van der Waals surface area contributed by atoms with Gasteiger partial charge in [-0.05, 0) is 0 Å². The van der Waals surface area contributed by atoms with Gasteiger partial charge in [0.1, 0.15) is 0 Å². The molecule has 0 aromatic carbocycles. The number of carbonyl (C=O) groups excluding carboxylic acids is 2. The summed E-state index contributed by atoms with van der Waals surface area (Å²) in [7, 11) is -4.41. The zero-order valence-corrected chi connectivity index (χ0v) is 15.1. The number of amides is 2. The Morgan fingerprint density at radius 3 is 1.42 bits per heavy atom. The largest absolute Gasteiger partial charge is 0.473 e. The Kier molecular flexibility index (Phi) is 7.03. The van der Waals surface area contributed by atoms with Crippen LogP contribution in [0.2, 0.25) is 0 Å². The van der Waals surface area contributed by atoms with Gasteiger partial charge in [0.15, 0.2) is 0 Å². The van der Waals surface area contributed by atoms with Gasteiger partial charge in [-0.15, -0.1) is 0 Å². The summed E-state index contributed by atoms with van der Waals surface area (Å²) < 4.78 is 56.6. The molecule has 0 radical (unpaired) electrons. The Morgan fingerprint density at radius 2 is 1.25 bits per heavy atom. The summed E-state index contributed by atoms with van der Waals surface area (Å²) in [4.78, 5) is 42.1. The quantitative estimate of drug-likeness (QED) is 0.536. The summed E-state index contributed by atoms with van der Waals surface area (Å²) in [5, 5.41) is 0. The van der Waals surface area contributed by atoms with Crippen LogP contribution in [0.25, 0.3) is 0 Å². The molecular formula is C12H22F3N2O6P. The fourth-order valence-electron chi connectivity index (χ4n) is 2.02. The van der Waals surface area contributed by atoms with Crippen molar-refractivity contribution in [2.75, 3.05) is 14.1 Å². The average molecular weight is 378 g/mol. The molecule has 0 aromatic heterocycles. The summed E-state index contributed by atoms with van der Waals surface area (Å²) in [5.74, 6) is -8.08. The molecule has 0 heterocycles. The van der Waals surface area contributed by atoms with E-state index in [2.05, 4.69) is 4.52 Å². The van der Waals surface area contributed by atoms with Gasteiger partial charge >= 0.3 is 19.8 Å². The standard InChI is InChI=1S/C12H22F3N2O6P/c1-7(2)9(18)16(5)12(11(13,14)15,23-24(20,21)22)17(6)10(19)8(3)4/h7-8H,1-6H3,(H2,20,21,22). The molecule has 0 fully saturated rings. The minimum absolute atomic E-state index is 0.0168. The minimum Gasteiger partial charge on any atom is -0.303 e. The highest BCUT2D eigenvalue weighted by Crippen LogP contribution is 2.50. The van der Waals surface area contributed by atoms with Gasteiger partial charge in [-0.25, -0.2) is 9.09 Å². The molecule has 0 aliphatic heterocycles. The number of nitrogens with zero attached hydrogens (tertiary/aromatic N) is 2. The lowest BCUT2D eigenvalue weighted by Gasteiger charge is -2.47. The number of phosphoric acid groups is 1. The van der Waals surface area contributed by atoms with E-state index in [1.807, 2.05) is 0 Å². The third-order valence-corrected chi connectivity index (χ3v) is 3.67. The maximum absolute atomic E-state index is 13.8. The van der Waals surface area contributed by atoms with Crippen molar-refractivity contribution < 1.29 is 41.6 Å². The van der Waals surface area contributed by atoms with Crippen molar-refractivity contribution in [1.29, 1.82) is 0 Å². The summed E-state index contributed by atoms with van der Waals surface area (Å²) in [6, 6.07) is 0. The number of carbonyl (C=O) groups is 2. The fourth-order valence-corrected chi connectivity index (χ4v) is 2.70. The highest BCUT2D eigenvalue weighted by atomic mass is 31.2. The topological polar surface area (TPSA) is 107 Å². The Balaban J connectivity index is 6.54. The first kappa shape index (κ1) is 22.8. The van der Waals surface area contributed by atoms with Crippen molar-refractivity contribution in [2.45, 2.75) is 39.7 Å². The van der Waals surface area contributed by atoms with Gasteiger partial charge < -0.3 is 9.79 Å². The first-order valence-electron chi connectivity index (χ1n) is 6.87. The molecule has 24 heavy (non-hydrogen) atoms. The third kappa shape index (κ3) is 4.69. The monoisotopic (exact) mass is 378 g/mol. The second-order valence-electron chi connectivity index (χ2n) is 5.79. The van der Waals surface area contributed by atoms with Gasteiger partial charge in [-0.3, -0.25) is 19.4 Å². The molecule has 2 N–H and O–H groups in total. The Hall–Kier alpha value is -1.16. The van der Waals surface area contributed by atoms with Crippen molar-refractivity contribution in [2.24, 2.45) is 11.8 Å². The SMILES string of the molecule is CC(C)C(=O)N(C)C(OP(=O)(O)O)(N(C)C(=O)C(C)C)C(F)(F)F. The number of rotatable bonds is 6. The molecule has 2 amide bonds. The van der Waals surface area contributed by atoms with Crippen LogP contribution in [0.15, 0.2) is 0 Å². The molecular weight excluding hydrogens is 356 g/mol. The van der Waals surface area contributed by atoms with Gasteiger partial charge in [0, 0.05) is 25.9 Å². The predicted octanol–water partition coefficient (Wildman–Crippen LogP) is 1.54. The van der Waals surface area contributed by atoms with Crippen LogP contribution in [0.3, 0.4) is 0 Å². The van der Waals surface area contributed by atoms with Gasteiger partial charge in [0.05, 0.1) is 0 Å². The zero-order chi connectivity index (χ0) is 19.7. The zero-order valence-electron chi connectivity index (χ0n) is 14.2. The lowest BCUT2D eigenvalue weighted by atomic mass is 10.1.